The molecule has 0 aliphatic heterocycles. The highest BCUT2D eigenvalue weighted by atomic mass is 19.1. The molecule has 3 aromatic rings. The average molecular weight is 369 g/mol. The molecule has 6 heteroatoms. The maximum Gasteiger partial charge on any atom is 0.375 e. The molecule has 0 aliphatic rings. The third-order valence-corrected chi connectivity index (χ3v) is 4.41. The van der Waals surface area contributed by atoms with Crippen LogP contribution in [0.3, 0.4) is 0 Å². The Labute approximate surface area is 156 Å². The summed E-state index contributed by atoms with van der Waals surface area (Å²) in [7, 11) is 0. The molecule has 0 fully saturated rings. The summed E-state index contributed by atoms with van der Waals surface area (Å²) in [5, 5.41) is 3.21. The van der Waals surface area contributed by atoms with Crippen molar-refractivity contribution in [2.24, 2.45) is 0 Å². The monoisotopic (exact) mass is 369 g/mol. The van der Waals surface area contributed by atoms with Crippen molar-refractivity contribution >= 4 is 22.8 Å². The number of rotatable bonds is 6. The highest BCUT2D eigenvalue weighted by molar-refractivity contribution is 5.96. The summed E-state index contributed by atoms with van der Waals surface area (Å²) in [5.74, 6) is -1.85. The summed E-state index contributed by atoms with van der Waals surface area (Å²) < 4.78 is 24.0. The van der Waals surface area contributed by atoms with Gasteiger partial charge in [0.2, 0.25) is 5.76 Å². The second kappa shape index (κ2) is 8.03. The SMILES string of the molecule is Cc1ccccc1CCNC(=O)COC(=O)c1oc2c(F)cccc2c1C. The predicted octanol–water partition coefficient (Wildman–Crippen LogP) is 3.70. The molecule has 1 amide bonds. The Morgan fingerprint density at radius 1 is 1.11 bits per heavy atom. The van der Waals surface area contributed by atoms with Gasteiger partial charge in [-0.2, -0.15) is 0 Å². The number of para-hydroxylation sites is 1. The Morgan fingerprint density at radius 3 is 2.63 bits per heavy atom. The van der Waals surface area contributed by atoms with Crippen molar-refractivity contribution in [2.75, 3.05) is 13.2 Å². The van der Waals surface area contributed by atoms with E-state index >= 15 is 0 Å². The second-order valence-electron chi connectivity index (χ2n) is 6.28. The first-order valence-corrected chi connectivity index (χ1v) is 8.63. The molecule has 0 bridgehead atoms. The molecular weight excluding hydrogens is 349 g/mol. The number of esters is 1. The smallest absolute Gasteiger partial charge is 0.375 e. The van der Waals surface area contributed by atoms with E-state index in [9.17, 15) is 14.0 Å². The van der Waals surface area contributed by atoms with E-state index < -0.39 is 24.3 Å². The van der Waals surface area contributed by atoms with Gasteiger partial charge in [0.15, 0.2) is 18.0 Å². The van der Waals surface area contributed by atoms with E-state index in [0.717, 1.165) is 11.1 Å². The van der Waals surface area contributed by atoms with Gasteiger partial charge in [-0.05, 0) is 37.5 Å². The minimum absolute atomic E-state index is 0.00429. The quantitative estimate of drug-likeness (QED) is 0.673. The van der Waals surface area contributed by atoms with Gasteiger partial charge in [-0.25, -0.2) is 9.18 Å². The lowest BCUT2D eigenvalue weighted by Crippen LogP contribution is -2.30. The van der Waals surface area contributed by atoms with Crippen LogP contribution in [-0.2, 0) is 16.0 Å². The highest BCUT2D eigenvalue weighted by Gasteiger charge is 2.21. The third kappa shape index (κ3) is 4.16. The van der Waals surface area contributed by atoms with Gasteiger partial charge in [0.1, 0.15) is 0 Å². The van der Waals surface area contributed by atoms with Gasteiger partial charge in [-0.3, -0.25) is 4.79 Å². The first-order chi connectivity index (χ1) is 13.0. The Bertz CT molecular complexity index is 993. The van der Waals surface area contributed by atoms with Crippen LogP contribution in [0.1, 0.15) is 27.2 Å². The molecule has 140 valence electrons. The summed E-state index contributed by atoms with van der Waals surface area (Å²) in [6.07, 6.45) is 0.689. The van der Waals surface area contributed by atoms with Crippen LogP contribution in [0.25, 0.3) is 11.0 Å². The minimum Gasteiger partial charge on any atom is -0.450 e. The second-order valence-corrected chi connectivity index (χ2v) is 6.28. The van der Waals surface area contributed by atoms with Crippen LogP contribution in [0.2, 0.25) is 0 Å². The molecule has 27 heavy (non-hydrogen) atoms. The first kappa shape index (κ1) is 18.6. The minimum atomic E-state index is -0.794. The maximum atomic E-state index is 13.8. The molecule has 1 aromatic heterocycles. The fraction of sp³-hybridized carbons (Fsp3) is 0.238. The number of ether oxygens (including phenoxy) is 1. The standard InChI is InChI=1S/C21H20FNO4/c1-13-6-3-4-7-15(13)10-11-23-18(24)12-26-21(25)19-14(2)16-8-5-9-17(22)20(16)27-19/h3-9H,10-12H2,1-2H3,(H,23,24). The Balaban J connectivity index is 1.53. The van der Waals surface area contributed by atoms with E-state index in [1.165, 1.54) is 12.1 Å². The van der Waals surface area contributed by atoms with E-state index in [-0.39, 0.29) is 11.3 Å². The number of furan rings is 1. The first-order valence-electron chi connectivity index (χ1n) is 8.63. The normalized spacial score (nSPS) is 10.8. The number of fused-ring (bicyclic) bond motifs is 1. The molecule has 1 N–H and O–H groups in total. The van der Waals surface area contributed by atoms with E-state index in [4.69, 9.17) is 9.15 Å². The molecule has 5 nitrogen and oxygen atoms in total. The van der Waals surface area contributed by atoms with Crippen molar-refractivity contribution < 1.29 is 23.1 Å². The molecule has 0 aliphatic carbocycles. The lowest BCUT2D eigenvalue weighted by atomic mass is 10.1. The number of carbonyl (C=O) groups excluding carboxylic acids is 2. The number of halogens is 1. The van der Waals surface area contributed by atoms with Gasteiger partial charge < -0.3 is 14.5 Å². The molecule has 0 radical (unpaired) electrons. The summed E-state index contributed by atoms with van der Waals surface area (Å²) in [5.41, 5.74) is 2.79. The van der Waals surface area contributed by atoms with Crippen LogP contribution >= 0.6 is 0 Å². The summed E-state index contributed by atoms with van der Waals surface area (Å²) >= 11 is 0. The lowest BCUT2D eigenvalue weighted by molar-refractivity contribution is -0.124. The van der Waals surface area contributed by atoms with Crippen molar-refractivity contribution in [3.8, 4) is 0 Å². The van der Waals surface area contributed by atoms with E-state index in [1.54, 1.807) is 13.0 Å². The van der Waals surface area contributed by atoms with Crippen LogP contribution in [0.5, 0.6) is 0 Å². The Morgan fingerprint density at radius 2 is 1.89 bits per heavy atom. The van der Waals surface area contributed by atoms with Crippen LogP contribution in [-0.4, -0.2) is 25.0 Å². The zero-order valence-corrected chi connectivity index (χ0v) is 15.2. The number of amides is 1. The van der Waals surface area contributed by atoms with E-state index in [2.05, 4.69) is 5.32 Å². The Kier molecular flexibility index (Phi) is 5.54. The molecule has 2 aromatic carbocycles. The molecule has 0 saturated heterocycles. The van der Waals surface area contributed by atoms with Crippen molar-refractivity contribution in [1.29, 1.82) is 0 Å². The number of hydrogen-bond acceptors (Lipinski definition) is 4. The van der Waals surface area contributed by atoms with Crippen LogP contribution in [0.4, 0.5) is 4.39 Å². The maximum absolute atomic E-state index is 13.8. The number of nitrogens with one attached hydrogen (secondary N) is 1. The van der Waals surface area contributed by atoms with Crippen molar-refractivity contribution in [1.82, 2.24) is 5.32 Å². The molecular formula is C21H20FNO4. The zero-order valence-electron chi connectivity index (χ0n) is 15.2. The fourth-order valence-electron chi connectivity index (χ4n) is 2.88. The molecule has 0 saturated carbocycles. The van der Waals surface area contributed by atoms with Crippen molar-refractivity contribution in [3.63, 3.8) is 0 Å². The molecule has 1 heterocycles. The Hall–Kier alpha value is -3.15. The van der Waals surface area contributed by atoms with Gasteiger partial charge >= 0.3 is 5.97 Å². The van der Waals surface area contributed by atoms with Gasteiger partial charge in [-0.15, -0.1) is 0 Å². The number of hydrogen-bond donors (Lipinski definition) is 1. The molecule has 0 unspecified atom stereocenters. The van der Waals surface area contributed by atoms with Crippen molar-refractivity contribution in [3.05, 3.63) is 70.7 Å². The van der Waals surface area contributed by atoms with Crippen LogP contribution in [0.15, 0.2) is 46.9 Å². The summed E-state index contributed by atoms with van der Waals surface area (Å²) in [4.78, 5) is 24.1. The lowest BCUT2D eigenvalue weighted by Gasteiger charge is -2.08. The van der Waals surface area contributed by atoms with Gasteiger partial charge in [0, 0.05) is 17.5 Å². The largest absolute Gasteiger partial charge is 0.450 e. The molecule has 0 atom stereocenters. The van der Waals surface area contributed by atoms with E-state index in [0.29, 0.717) is 23.9 Å². The summed E-state index contributed by atoms with van der Waals surface area (Å²) in [6, 6.07) is 12.4. The molecule has 3 rings (SSSR count). The summed E-state index contributed by atoms with van der Waals surface area (Å²) in [6.45, 7) is 3.67. The topological polar surface area (TPSA) is 68.5 Å². The zero-order chi connectivity index (χ0) is 19.4. The van der Waals surface area contributed by atoms with E-state index in [1.807, 2.05) is 31.2 Å². The van der Waals surface area contributed by atoms with Gasteiger partial charge in [-0.1, -0.05) is 36.4 Å². The fourth-order valence-corrected chi connectivity index (χ4v) is 2.88. The highest BCUT2D eigenvalue weighted by Crippen LogP contribution is 2.27. The number of carbonyl (C=O) groups is 2. The average Bonchev–Trinajstić information content (AvgIpc) is 3.00. The van der Waals surface area contributed by atoms with Crippen molar-refractivity contribution in [2.45, 2.75) is 20.3 Å². The van der Waals surface area contributed by atoms with Crippen LogP contribution < -0.4 is 5.32 Å². The number of aryl methyl sites for hydroxylation is 2. The van der Waals surface area contributed by atoms with Gasteiger partial charge in [0.05, 0.1) is 0 Å². The molecule has 0 spiro atoms. The van der Waals surface area contributed by atoms with Crippen LogP contribution in [0, 0.1) is 19.7 Å². The predicted molar refractivity (Wildman–Crippen MR) is 99.1 cm³/mol. The third-order valence-electron chi connectivity index (χ3n) is 4.41. The van der Waals surface area contributed by atoms with Gasteiger partial charge in [0.25, 0.3) is 5.91 Å². The number of benzene rings is 2.